The van der Waals surface area contributed by atoms with E-state index in [9.17, 15) is 9.59 Å². The molecule has 2 amide bonds. The largest absolute Gasteiger partial charge is 0.380 e. The number of anilines is 1. The van der Waals surface area contributed by atoms with Gasteiger partial charge in [-0.2, -0.15) is 0 Å². The van der Waals surface area contributed by atoms with Crippen LogP contribution in [0.5, 0.6) is 0 Å². The van der Waals surface area contributed by atoms with E-state index in [1.807, 2.05) is 24.3 Å². The minimum atomic E-state index is -0.539. The van der Waals surface area contributed by atoms with Gasteiger partial charge in [-0.3, -0.25) is 9.59 Å². The van der Waals surface area contributed by atoms with Gasteiger partial charge in [0.2, 0.25) is 11.8 Å². The second-order valence-corrected chi connectivity index (χ2v) is 5.16. The summed E-state index contributed by atoms with van der Waals surface area (Å²) in [6.45, 7) is 2.51. The maximum absolute atomic E-state index is 12.3. The van der Waals surface area contributed by atoms with E-state index in [2.05, 4.69) is 10.6 Å². The lowest BCUT2D eigenvalue weighted by Crippen LogP contribution is -2.42. The number of hydrogen-bond acceptors (Lipinski definition) is 4. The van der Waals surface area contributed by atoms with Gasteiger partial charge in [-0.1, -0.05) is 12.1 Å². The van der Waals surface area contributed by atoms with E-state index in [-0.39, 0.29) is 11.8 Å². The molecule has 1 aromatic carbocycles. The van der Waals surface area contributed by atoms with Gasteiger partial charge >= 0.3 is 0 Å². The van der Waals surface area contributed by atoms with Crippen molar-refractivity contribution in [3.8, 4) is 0 Å². The van der Waals surface area contributed by atoms with Crippen LogP contribution in [0.1, 0.15) is 31.7 Å². The topological polar surface area (TPSA) is 93.4 Å². The average molecular weight is 307 g/mol. The molecular weight excluding hydrogens is 282 g/mol. The van der Waals surface area contributed by atoms with Gasteiger partial charge in [-0.15, -0.1) is 0 Å². The number of carbonyl (C=O) groups excluding carboxylic acids is 2. The average Bonchev–Trinajstić information content (AvgIpc) is 2.48. The number of ether oxygens (including phenoxy) is 1. The fraction of sp³-hybridized carbons (Fsp3) is 0.500. The number of benzene rings is 1. The lowest BCUT2D eigenvalue weighted by atomic mass is 10.1. The van der Waals surface area contributed by atoms with Crippen LogP contribution in [0.4, 0.5) is 5.69 Å². The van der Waals surface area contributed by atoms with Crippen molar-refractivity contribution in [1.82, 2.24) is 5.32 Å². The van der Waals surface area contributed by atoms with Crippen molar-refractivity contribution in [1.29, 1.82) is 0 Å². The third kappa shape index (κ3) is 6.69. The van der Waals surface area contributed by atoms with E-state index in [1.54, 1.807) is 7.11 Å². The van der Waals surface area contributed by atoms with Crippen LogP contribution in [0, 0.1) is 0 Å². The highest BCUT2D eigenvalue weighted by Gasteiger charge is 2.18. The predicted octanol–water partition coefficient (Wildman–Crippen LogP) is 1.41. The molecule has 0 aromatic heterocycles. The van der Waals surface area contributed by atoms with Gasteiger partial charge in [-0.25, -0.2) is 0 Å². The van der Waals surface area contributed by atoms with Crippen LogP contribution in [0.15, 0.2) is 24.3 Å². The summed E-state index contributed by atoms with van der Waals surface area (Å²) < 4.78 is 5.04. The zero-order chi connectivity index (χ0) is 16.4. The normalized spacial score (nSPS) is 11.8. The molecule has 1 rings (SSSR count). The first-order valence-electron chi connectivity index (χ1n) is 7.42. The summed E-state index contributed by atoms with van der Waals surface area (Å²) in [6, 6.07) is 6.87. The maximum Gasteiger partial charge on any atom is 0.246 e. The highest BCUT2D eigenvalue weighted by Crippen LogP contribution is 2.12. The molecule has 122 valence electrons. The summed E-state index contributed by atoms with van der Waals surface area (Å²) >= 11 is 0. The molecule has 0 fully saturated rings. The number of nitrogens with one attached hydrogen (secondary N) is 2. The number of hydrogen-bond donors (Lipinski definition) is 3. The zero-order valence-electron chi connectivity index (χ0n) is 13.2. The van der Waals surface area contributed by atoms with E-state index >= 15 is 0 Å². The Balaban J connectivity index is 2.62. The van der Waals surface area contributed by atoms with Gasteiger partial charge in [-0.05, 0) is 43.5 Å². The van der Waals surface area contributed by atoms with Gasteiger partial charge in [0.15, 0.2) is 0 Å². The number of unbranched alkanes of at least 4 members (excludes halogenated alkanes) is 1. The number of rotatable bonds is 9. The third-order valence-corrected chi connectivity index (χ3v) is 3.17. The van der Waals surface area contributed by atoms with Crippen molar-refractivity contribution in [2.75, 3.05) is 19.0 Å². The lowest BCUT2D eigenvalue weighted by molar-refractivity contribution is -0.125. The van der Waals surface area contributed by atoms with E-state index in [0.717, 1.165) is 18.4 Å². The van der Waals surface area contributed by atoms with Gasteiger partial charge < -0.3 is 21.1 Å². The molecule has 1 unspecified atom stereocenters. The van der Waals surface area contributed by atoms with Crippen molar-refractivity contribution >= 4 is 17.5 Å². The SMILES string of the molecule is COCc1ccc(NC(=O)C(CCCCN)NC(C)=O)cc1. The van der Waals surface area contributed by atoms with Crippen molar-refractivity contribution < 1.29 is 14.3 Å². The molecule has 0 saturated carbocycles. The third-order valence-electron chi connectivity index (χ3n) is 3.17. The lowest BCUT2D eigenvalue weighted by Gasteiger charge is -2.17. The molecular formula is C16H25N3O3. The van der Waals surface area contributed by atoms with Crippen LogP contribution in [-0.2, 0) is 20.9 Å². The minimum Gasteiger partial charge on any atom is -0.380 e. The molecule has 22 heavy (non-hydrogen) atoms. The van der Waals surface area contributed by atoms with E-state index in [1.165, 1.54) is 6.92 Å². The second-order valence-electron chi connectivity index (χ2n) is 5.16. The molecule has 0 heterocycles. The molecule has 0 spiro atoms. The smallest absolute Gasteiger partial charge is 0.246 e. The fourth-order valence-corrected chi connectivity index (χ4v) is 2.09. The number of methoxy groups -OCH3 is 1. The minimum absolute atomic E-state index is 0.216. The first-order chi connectivity index (χ1) is 10.6. The molecule has 1 atom stereocenters. The standard InChI is InChI=1S/C16H25N3O3/c1-12(20)18-15(5-3-4-10-17)16(21)19-14-8-6-13(7-9-14)11-22-2/h6-9,15H,3-5,10-11,17H2,1-2H3,(H,18,20)(H,19,21). The van der Waals surface area contributed by atoms with E-state index in [4.69, 9.17) is 10.5 Å². The number of carbonyl (C=O) groups is 2. The van der Waals surface area contributed by atoms with Crippen molar-refractivity contribution in [3.05, 3.63) is 29.8 Å². The molecule has 6 nitrogen and oxygen atoms in total. The van der Waals surface area contributed by atoms with Crippen LogP contribution >= 0.6 is 0 Å². The molecule has 0 aliphatic heterocycles. The second kappa shape index (κ2) is 9.92. The van der Waals surface area contributed by atoms with Crippen molar-refractivity contribution in [2.45, 2.75) is 38.8 Å². The number of amides is 2. The van der Waals surface area contributed by atoms with Crippen molar-refractivity contribution in [2.24, 2.45) is 5.73 Å². The molecule has 0 radical (unpaired) electrons. The maximum atomic E-state index is 12.3. The van der Waals surface area contributed by atoms with Crippen LogP contribution in [0.2, 0.25) is 0 Å². The van der Waals surface area contributed by atoms with Crippen LogP contribution in [-0.4, -0.2) is 31.5 Å². The van der Waals surface area contributed by atoms with Gasteiger partial charge in [0.1, 0.15) is 6.04 Å². The Labute approximate surface area is 131 Å². The fourth-order valence-electron chi connectivity index (χ4n) is 2.09. The summed E-state index contributed by atoms with van der Waals surface area (Å²) in [6.07, 6.45) is 2.20. The highest BCUT2D eigenvalue weighted by molar-refractivity contribution is 5.96. The van der Waals surface area contributed by atoms with Crippen LogP contribution in [0.3, 0.4) is 0 Å². The molecule has 0 aliphatic carbocycles. The summed E-state index contributed by atoms with van der Waals surface area (Å²) in [5.74, 6) is -0.435. The quantitative estimate of drug-likeness (QED) is 0.601. The van der Waals surface area contributed by atoms with E-state index in [0.29, 0.717) is 25.3 Å². The Bertz CT molecular complexity index is 474. The molecule has 0 bridgehead atoms. The Kier molecular flexibility index (Phi) is 8.17. The molecule has 0 aliphatic rings. The first kappa shape index (κ1) is 18.1. The van der Waals surface area contributed by atoms with Crippen molar-refractivity contribution in [3.63, 3.8) is 0 Å². The Hall–Kier alpha value is -1.92. The zero-order valence-corrected chi connectivity index (χ0v) is 13.2. The van der Waals surface area contributed by atoms with Crippen LogP contribution in [0.25, 0.3) is 0 Å². The molecule has 4 N–H and O–H groups in total. The summed E-state index contributed by atoms with van der Waals surface area (Å²) in [5, 5.41) is 5.50. The molecule has 6 heteroatoms. The Morgan fingerprint density at radius 2 is 1.91 bits per heavy atom. The molecule has 0 saturated heterocycles. The summed E-state index contributed by atoms with van der Waals surface area (Å²) in [5.41, 5.74) is 7.18. The summed E-state index contributed by atoms with van der Waals surface area (Å²) in [7, 11) is 1.63. The summed E-state index contributed by atoms with van der Waals surface area (Å²) in [4.78, 5) is 23.5. The van der Waals surface area contributed by atoms with Gasteiger partial charge in [0.05, 0.1) is 6.61 Å². The van der Waals surface area contributed by atoms with E-state index < -0.39 is 6.04 Å². The monoisotopic (exact) mass is 307 g/mol. The highest BCUT2D eigenvalue weighted by atomic mass is 16.5. The predicted molar refractivity (Wildman–Crippen MR) is 86.3 cm³/mol. The van der Waals surface area contributed by atoms with Gasteiger partial charge in [0, 0.05) is 19.7 Å². The first-order valence-corrected chi connectivity index (χ1v) is 7.42. The Morgan fingerprint density at radius 1 is 1.23 bits per heavy atom. The number of nitrogens with two attached hydrogens (primary N) is 1. The van der Waals surface area contributed by atoms with Crippen LogP contribution < -0.4 is 16.4 Å². The van der Waals surface area contributed by atoms with Gasteiger partial charge in [0.25, 0.3) is 0 Å². The Morgan fingerprint density at radius 3 is 2.45 bits per heavy atom. The molecule has 1 aromatic rings.